The minimum atomic E-state index is -0.108. The summed E-state index contributed by atoms with van der Waals surface area (Å²) in [5.41, 5.74) is 1.74. The summed E-state index contributed by atoms with van der Waals surface area (Å²) >= 11 is 1.53. The fourth-order valence-electron chi connectivity index (χ4n) is 1.57. The van der Waals surface area contributed by atoms with Crippen molar-refractivity contribution in [1.82, 2.24) is 4.98 Å². The van der Waals surface area contributed by atoms with Gasteiger partial charge in [-0.2, -0.15) is 0 Å². The normalized spacial score (nSPS) is 10.7. The second-order valence-electron chi connectivity index (χ2n) is 4.55. The first-order chi connectivity index (χ1) is 8.56. The highest BCUT2D eigenvalue weighted by atomic mass is 32.1. The van der Waals surface area contributed by atoms with Gasteiger partial charge in [0, 0.05) is 16.6 Å². The van der Waals surface area contributed by atoms with Crippen LogP contribution in [0.1, 0.15) is 40.6 Å². The Morgan fingerprint density at radius 2 is 2.17 bits per heavy atom. The van der Waals surface area contributed by atoms with Crippen molar-refractivity contribution in [2.45, 2.75) is 26.7 Å². The number of hydrogen-bond acceptors (Lipinski definition) is 3. The molecule has 4 heteroatoms. The Bertz CT molecular complexity index is 560. The molecule has 1 aromatic heterocycles. The standard InChI is InChI=1S/C14H16N2OS/c1-9(2)12-8-15-14(18-12)16-13(17)11-6-4-5-10(3)7-11/h4-9H,1-3H3,(H,15,16,17). The van der Waals surface area contributed by atoms with Crippen LogP contribution < -0.4 is 5.32 Å². The zero-order chi connectivity index (χ0) is 13.1. The number of carbonyl (C=O) groups excluding carboxylic acids is 1. The molecule has 0 radical (unpaired) electrons. The maximum Gasteiger partial charge on any atom is 0.257 e. The summed E-state index contributed by atoms with van der Waals surface area (Å²) in [5, 5.41) is 3.49. The fraction of sp³-hybridized carbons (Fsp3) is 0.286. The Hall–Kier alpha value is -1.68. The molecule has 0 fully saturated rings. The summed E-state index contributed by atoms with van der Waals surface area (Å²) in [4.78, 5) is 17.4. The molecule has 94 valence electrons. The molecule has 0 aliphatic heterocycles. The van der Waals surface area contributed by atoms with Gasteiger partial charge in [-0.25, -0.2) is 4.98 Å². The Labute approximate surface area is 111 Å². The van der Waals surface area contributed by atoms with Gasteiger partial charge < -0.3 is 0 Å². The van der Waals surface area contributed by atoms with Crippen molar-refractivity contribution in [3.63, 3.8) is 0 Å². The third-order valence-corrected chi connectivity index (χ3v) is 3.81. The Morgan fingerprint density at radius 3 is 2.78 bits per heavy atom. The molecule has 2 aromatic rings. The van der Waals surface area contributed by atoms with Gasteiger partial charge in [-0.15, -0.1) is 11.3 Å². The molecule has 1 amide bonds. The summed E-state index contributed by atoms with van der Waals surface area (Å²) < 4.78 is 0. The summed E-state index contributed by atoms with van der Waals surface area (Å²) in [7, 11) is 0. The second-order valence-corrected chi connectivity index (χ2v) is 5.61. The van der Waals surface area contributed by atoms with E-state index in [0.29, 0.717) is 16.6 Å². The van der Waals surface area contributed by atoms with E-state index in [1.807, 2.05) is 31.3 Å². The number of anilines is 1. The first kappa shape index (κ1) is 12.8. The lowest BCUT2D eigenvalue weighted by Gasteiger charge is -2.02. The van der Waals surface area contributed by atoms with Crippen molar-refractivity contribution >= 4 is 22.4 Å². The van der Waals surface area contributed by atoms with Crippen LogP contribution >= 0.6 is 11.3 Å². The molecule has 0 bridgehead atoms. The number of hydrogen-bond donors (Lipinski definition) is 1. The van der Waals surface area contributed by atoms with Crippen molar-refractivity contribution in [3.05, 3.63) is 46.5 Å². The average molecular weight is 260 g/mol. The molecule has 0 aliphatic rings. The van der Waals surface area contributed by atoms with Gasteiger partial charge in [0.05, 0.1) is 0 Å². The second kappa shape index (κ2) is 5.31. The lowest BCUT2D eigenvalue weighted by molar-refractivity contribution is 0.102. The van der Waals surface area contributed by atoms with E-state index in [4.69, 9.17) is 0 Å². The number of benzene rings is 1. The molecule has 0 atom stereocenters. The number of nitrogens with zero attached hydrogens (tertiary/aromatic N) is 1. The van der Waals surface area contributed by atoms with Crippen LogP contribution in [-0.4, -0.2) is 10.9 Å². The molecule has 1 N–H and O–H groups in total. The molecule has 0 saturated heterocycles. The number of aryl methyl sites for hydroxylation is 1. The molecular formula is C14H16N2OS. The first-order valence-electron chi connectivity index (χ1n) is 5.90. The molecule has 2 rings (SSSR count). The number of amides is 1. The largest absolute Gasteiger partial charge is 0.298 e. The van der Waals surface area contributed by atoms with E-state index in [0.717, 1.165) is 5.56 Å². The van der Waals surface area contributed by atoms with Crippen LogP contribution in [0.2, 0.25) is 0 Å². The van der Waals surface area contributed by atoms with E-state index in [-0.39, 0.29) is 5.91 Å². The SMILES string of the molecule is Cc1cccc(C(=O)Nc2ncc(C(C)C)s2)c1. The van der Waals surface area contributed by atoms with Gasteiger partial charge in [0.15, 0.2) is 5.13 Å². The highest BCUT2D eigenvalue weighted by Crippen LogP contribution is 2.25. The summed E-state index contributed by atoms with van der Waals surface area (Å²) in [6.07, 6.45) is 1.82. The molecule has 0 aliphatic carbocycles. The molecule has 1 heterocycles. The van der Waals surface area contributed by atoms with Gasteiger partial charge in [0.1, 0.15) is 0 Å². The fourth-order valence-corrected chi connectivity index (χ4v) is 2.38. The number of aromatic nitrogens is 1. The number of thiazole rings is 1. The van der Waals surface area contributed by atoms with Crippen molar-refractivity contribution in [2.24, 2.45) is 0 Å². The van der Waals surface area contributed by atoms with Crippen LogP contribution in [-0.2, 0) is 0 Å². The van der Waals surface area contributed by atoms with Gasteiger partial charge in [0.2, 0.25) is 0 Å². The quantitative estimate of drug-likeness (QED) is 0.911. The van der Waals surface area contributed by atoms with Crippen LogP contribution in [0.25, 0.3) is 0 Å². The monoisotopic (exact) mass is 260 g/mol. The zero-order valence-electron chi connectivity index (χ0n) is 10.7. The average Bonchev–Trinajstić information content (AvgIpc) is 2.77. The maximum absolute atomic E-state index is 12.0. The van der Waals surface area contributed by atoms with Crippen molar-refractivity contribution in [2.75, 3.05) is 5.32 Å². The van der Waals surface area contributed by atoms with E-state index in [1.165, 1.54) is 16.2 Å². The topological polar surface area (TPSA) is 42.0 Å². The highest BCUT2D eigenvalue weighted by molar-refractivity contribution is 7.15. The number of rotatable bonds is 3. The Balaban J connectivity index is 2.11. The lowest BCUT2D eigenvalue weighted by Crippen LogP contribution is -2.11. The summed E-state index contributed by atoms with van der Waals surface area (Å²) in [5.74, 6) is 0.329. The lowest BCUT2D eigenvalue weighted by atomic mass is 10.1. The molecule has 0 spiro atoms. The predicted molar refractivity (Wildman–Crippen MR) is 75.3 cm³/mol. The van der Waals surface area contributed by atoms with Crippen LogP contribution in [0, 0.1) is 6.92 Å². The van der Waals surface area contributed by atoms with E-state index >= 15 is 0 Å². The molecule has 3 nitrogen and oxygen atoms in total. The molecule has 1 aromatic carbocycles. The summed E-state index contributed by atoms with van der Waals surface area (Å²) in [6.45, 7) is 6.19. The van der Waals surface area contributed by atoms with E-state index in [2.05, 4.69) is 24.1 Å². The third-order valence-electron chi connectivity index (χ3n) is 2.59. The van der Waals surface area contributed by atoms with Crippen LogP contribution in [0.15, 0.2) is 30.5 Å². The Kier molecular flexibility index (Phi) is 3.77. The van der Waals surface area contributed by atoms with Gasteiger partial charge in [-0.1, -0.05) is 31.5 Å². The smallest absolute Gasteiger partial charge is 0.257 e. The van der Waals surface area contributed by atoms with Crippen molar-refractivity contribution in [3.8, 4) is 0 Å². The molecule has 0 unspecified atom stereocenters. The van der Waals surface area contributed by atoms with E-state index in [9.17, 15) is 4.79 Å². The van der Waals surface area contributed by atoms with Crippen molar-refractivity contribution in [1.29, 1.82) is 0 Å². The first-order valence-corrected chi connectivity index (χ1v) is 6.71. The van der Waals surface area contributed by atoms with Crippen LogP contribution in [0.5, 0.6) is 0 Å². The molecule has 18 heavy (non-hydrogen) atoms. The number of carbonyl (C=O) groups is 1. The van der Waals surface area contributed by atoms with E-state index in [1.54, 1.807) is 6.07 Å². The predicted octanol–water partition coefficient (Wildman–Crippen LogP) is 3.83. The molecule has 0 saturated carbocycles. The Morgan fingerprint density at radius 1 is 1.39 bits per heavy atom. The van der Waals surface area contributed by atoms with E-state index < -0.39 is 0 Å². The van der Waals surface area contributed by atoms with Crippen molar-refractivity contribution < 1.29 is 4.79 Å². The minimum Gasteiger partial charge on any atom is -0.298 e. The van der Waals surface area contributed by atoms with Crippen LogP contribution in [0.4, 0.5) is 5.13 Å². The van der Waals surface area contributed by atoms with Gasteiger partial charge in [-0.05, 0) is 25.0 Å². The third kappa shape index (κ3) is 2.96. The van der Waals surface area contributed by atoms with Gasteiger partial charge in [0.25, 0.3) is 5.91 Å². The number of nitrogens with one attached hydrogen (secondary N) is 1. The molecular weight excluding hydrogens is 244 g/mol. The zero-order valence-corrected chi connectivity index (χ0v) is 11.5. The summed E-state index contributed by atoms with van der Waals surface area (Å²) in [6, 6.07) is 7.52. The van der Waals surface area contributed by atoms with Crippen LogP contribution in [0.3, 0.4) is 0 Å². The maximum atomic E-state index is 12.0. The highest BCUT2D eigenvalue weighted by Gasteiger charge is 2.10. The van der Waals surface area contributed by atoms with Gasteiger partial charge in [-0.3, -0.25) is 10.1 Å². The minimum absolute atomic E-state index is 0.108. The van der Waals surface area contributed by atoms with Gasteiger partial charge >= 0.3 is 0 Å².